The van der Waals surface area contributed by atoms with Gasteiger partial charge in [-0.1, -0.05) is 33.6 Å². The Hall–Kier alpha value is -0.830. The van der Waals surface area contributed by atoms with E-state index in [9.17, 15) is 4.79 Å². The van der Waals surface area contributed by atoms with Crippen LogP contribution in [0.15, 0.2) is 22.7 Å². The van der Waals surface area contributed by atoms with Crippen LogP contribution in [-0.2, 0) is 16.0 Å². The van der Waals surface area contributed by atoms with Crippen LogP contribution in [0.2, 0.25) is 0 Å². The third-order valence-corrected chi connectivity index (χ3v) is 3.22. The van der Waals surface area contributed by atoms with Gasteiger partial charge in [0.25, 0.3) is 0 Å². The van der Waals surface area contributed by atoms with E-state index in [1.54, 1.807) is 0 Å². The molecule has 0 aromatic heterocycles. The number of rotatable bonds is 4. The van der Waals surface area contributed by atoms with Crippen LogP contribution < -0.4 is 0 Å². The average Bonchev–Trinajstić information content (AvgIpc) is 2.20. The van der Waals surface area contributed by atoms with Crippen molar-refractivity contribution in [2.75, 3.05) is 0 Å². The third kappa shape index (κ3) is 5.67. The second kappa shape index (κ2) is 6.37. The first-order valence-corrected chi connectivity index (χ1v) is 7.04. The lowest BCUT2D eigenvalue weighted by Crippen LogP contribution is -2.23. The van der Waals surface area contributed by atoms with E-state index in [4.69, 9.17) is 4.74 Å². The van der Waals surface area contributed by atoms with Gasteiger partial charge in [0.15, 0.2) is 0 Å². The van der Waals surface area contributed by atoms with E-state index >= 15 is 0 Å². The standard InChI is InChI=1S/C15H21BrO2/c1-11-8-9-13(16)12(10-11)6-5-7-14(17)18-15(2,3)4/h8-10H,5-7H2,1-4H3. The van der Waals surface area contributed by atoms with Gasteiger partial charge in [-0.05, 0) is 52.2 Å². The molecule has 100 valence electrons. The fourth-order valence-corrected chi connectivity index (χ4v) is 2.16. The number of esters is 1. The number of carbonyl (C=O) groups excluding carboxylic acids is 1. The Morgan fingerprint density at radius 3 is 2.61 bits per heavy atom. The number of halogens is 1. The molecular weight excluding hydrogens is 292 g/mol. The number of hydrogen-bond acceptors (Lipinski definition) is 2. The first-order valence-electron chi connectivity index (χ1n) is 6.25. The summed E-state index contributed by atoms with van der Waals surface area (Å²) in [4.78, 5) is 11.6. The summed E-state index contributed by atoms with van der Waals surface area (Å²) < 4.78 is 6.39. The first-order chi connectivity index (χ1) is 8.28. The molecule has 0 heterocycles. The second-order valence-electron chi connectivity index (χ2n) is 5.53. The molecule has 0 atom stereocenters. The molecule has 0 unspecified atom stereocenters. The van der Waals surface area contributed by atoms with Crippen molar-refractivity contribution in [2.24, 2.45) is 0 Å². The van der Waals surface area contributed by atoms with Gasteiger partial charge in [-0.3, -0.25) is 4.79 Å². The second-order valence-corrected chi connectivity index (χ2v) is 6.39. The fourth-order valence-electron chi connectivity index (χ4n) is 1.71. The maximum absolute atomic E-state index is 11.6. The maximum Gasteiger partial charge on any atom is 0.306 e. The molecule has 2 nitrogen and oxygen atoms in total. The normalized spacial score (nSPS) is 11.4. The first kappa shape index (κ1) is 15.2. The molecule has 0 spiro atoms. The molecule has 1 aromatic rings. The minimum Gasteiger partial charge on any atom is -0.460 e. The van der Waals surface area contributed by atoms with Gasteiger partial charge >= 0.3 is 5.97 Å². The van der Waals surface area contributed by atoms with Crippen molar-refractivity contribution in [3.63, 3.8) is 0 Å². The van der Waals surface area contributed by atoms with Gasteiger partial charge in [0, 0.05) is 10.9 Å². The molecule has 1 rings (SSSR count). The lowest BCUT2D eigenvalue weighted by atomic mass is 10.1. The molecule has 0 fully saturated rings. The highest BCUT2D eigenvalue weighted by Gasteiger charge is 2.15. The Balaban J connectivity index is 2.42. The summed E-state index contributed by atoms with van der Waals surface area (Å²) in [5.74, 6) is -0.119. The van der Waals surface area contributed by atoms with Gasteiger partial charge in [-0.25, -0.2) is 0 Å². The quantitative estimate of drug-likeness (QED) is 0.769. The molecule has 0 radical (unpaired) electrons. The number of hydrogen-bond donors (Lipinski definition) is 0. The topological polar surface area (TPSA) is 26.3 Å². The van der Waals surface area contributed by atoms with Crippen LogP contribution in [0.1, 0.15) is 44.7 Å². The van der Waals surface area contributed by atoms with Gasteiger partial charge in [-0.2, -0.15) is 0 Å². The van der Waals surface area contributed by atoms with E-state index in [-0.39, 0.29) is 11.6 Å². The molecule has 0 saturated heterocycles. The van der Waals surface area contributed by atoms with E-state index in [0.717, 1.165) is 17.3 Å². The van der Waals surface area contributed by atoms with E-state index in [1.165, 1.54) is 11.1 Å². The van der Waals surface area contributed by atoms with E-state index in [0.29, 0.717) is 6.42 Å². The van der Waals surface area contributed by atoms with Crippen LogP contribution in [0.5, 0.6) is 0 Å². The smallest absolute Gasteiger partial charge is 0.306 e. The molecule has 0 aliphatic carbocycles. The summed E-state index contributed by atoms with van der Waals surface area (Å²) >= 11 is 3.53. The minimum absolute atomic E-state index is 0.119. The molecule has 0 saturated carbocycles. The van der Waals surface area contributed by atoms with Crippen LogP contribution in [-0.4, -0.2) is 11.6 Å². The number of aryl methyl sites for hydroxylation is 2. The number of carbonyl (C=O) groups is 1. The molecular formula is C15H21BrO2. The summed E-state index contributed by atoms with van der Waals surface area (Å²) in [6.07, 6.45) is 2.18. The maximum atomic E-state index is 11.6. The third-order valence-electron chi connectivity index (χ3n) is 2.45. The SMILES string of the molecule is Cc1ccc(Br)c(CCCC(=O)OC(C)(C)C)c1. The van der Waals surface area contributed by atoms with Crippen LogP contribution in [0.25, 0.3) is 0 Å². The predicted octanol–water partition coefficient (Wildman–Crippen LogP) is 4.42. The summed E-state index contributed by atoms with van der Waals surface area (Å²) in [5, 5.41) is 0. The Labute approximate surface area is 118 Å². The highest BCUT2D eigenvalue weighted by atomic mass is 79.9. The Bertz CT molecular complexity index is 419. The molecule has 1 aromatic carbocycles. The van der Waals surface area contributed by atoms with E-state index in [1.807, 2.05) is 20.8 Å². The van der Waals surface area contributed by atoms with Gasteiger partial charge in [0.1, 0.15) is 5.60 Å². The molecule has 0 aliphatic heterocycles. The number of benzene rings is 1. The van der Waals surface area contributed by atoms with Gasteiger partial charge in [-0.15, -0.1) is 0 Å². The monoisotopic (exact) mass is 312 g/mol. The van der Waals surface area contributed by atoms with Crippen LogP contribution in [0, 0.1) is 6.92 Å². The van der Waals surface area contributed by atoms with Gasteiger partial charge in [0.2, 0.25) is 0 Å². The summed E-state index contributed by atoms with van der Waals surface area (Å²) in [6.45, 7) is 7.75. The van der Waals surface area contributed by atoms with Crippen LogP contribution >= 0.6 is 15.9 Å². The molecule has 3 heteroatoms. The molecule has 0 N–H and O–H groups in total. The molecule has 0 amide bonds. The lowest BCUT2D eigenvalue weighted by Gasteiger charge is -2.19. The zero-order valence-electron chi connectivity index (χ0n) is 11.5. The summed E-state index contributed by atoms with van der Waals surface area (Å²) in [7, 11) is 0. The van der Waals surface area contributed by atoms with Crippen LogP contribution in [0.4, 0.5) is 0 Å². The summed E-state index contributed by atoms with van der Waals surface area (Å²) in [5.41, 5.74) is 2.10. The van der Waals surface area contributed by atoms with Crippen molar-refractivity contribution in [1.82, 2.24) is 0 Å². The van der Waals surface area contributed by atoms with E-state index in [2.05, 4.69) is 41.1 Å². The predicted molar refractivity (Wildman–Crippen MR) is 77.7 cm³/mol. The Morgan fingerprint density at radius 1 is 1.33 bits per heavy atom. The Morgan fingerprint density at radius 2 is 2.00 bits per heavy atom. The Kier molecular flexibility index (Phi) is 5.39. The van der Waals surface area contributed by atoms with Crippen molar-refractivity contribution in [3.8, 4) is 0 Å². The van der Waals surface area contributed by atoms with Crippen molar-refractivity contribution < 1.29 is 9.53 Å². The van der Waals surface area contributed by atoms with Gasteiger partial charge in [0.05, 0.1) is 0 Å². The molecule has 18 heavy (non-hydrogen) atoms. The van der Waals surface area contributed by atoms with Crippen molar-refractivity contribution in [2.45, 2.75) is 52.6 Å². The van der Waals surface area contributed by atoms with Crippen molar-refractivity contribution >= 4 is 21.9 Å². The van der Waals surface area contributed by atoms with E-state index < -0.39 is 0 Å². The number of ether oxygens (including phenoxy) is 1. The highest BCUT2D eigenvalue weighted by Crippen LogP contribution is 2.20. The molecule has 0 aliphatic rings. The minimum atomic E-state index is -0.388. The highest BCUT2D eigenvalue weighted by molar-refractivity contribution is 9.10. The van der Waals surface area contributed by atoms with Crippen LogP contribution in [0.3, 0.4) is 0 Å². The average molecular weight is 313 g/mol. The van der Waals surface area contributed by atoms with Gasteiger partial charge < -0.3 is 4.74 Å². The lowest BCUT2D eigenvalue weighted by molar-refractivity contribution is -0.154. The largest absolute Gasteiger partial charge is 0.460 e. The zero-order chi connectivity index (χ0) is 13.8. The zero-order valence-corrected chi connectivity index (χ0v) is 13.1. The fraction of sp³-hybridized carbons (Fsp3) is 0.533. The van der Waals surface area contributed by atoms with Crippen molar-refractivity contribution in [3.05, 3.63) is 33.8 Å². The van der Waals surface area contributed by atoms with Crippen molar-refractivity contribution in [1.29, 1.82) is 0 Å². The molecule has 0 bridgehead atoms. The summed E-state index contributed by atoms with van der Waals surface area (Å²) in [6, 6.07) is 6.28.